The van der Waals surface area contributed by atoms with Crippen LogP contribution in [0.5, 0.6) is 0 Å². The van der Waals surface area contributed by atoms with Gasteiger partial charge in [-0.1, -0.05) is 91.0 Å². The van der Waals surface area contributed by atoms with Crippen LogP contribution in [0.15, 0.2) is 115 Å². The van der Waals surface area contributed by atoms with Crippen LogP contribution in [-0.2, 0) is 20.8 Å². The molecule has 200 valence electrons. The lowest BCUT2D eigenvalue weighted by Gasteiger charge is -2.24. The highest BCUT2D eigenvalue weighted by Gasteiger charge is 2.41. The molecule has 0 unspecified atom stereocenters. The Morgan fingerprint density at radius 1 is 0.675 bits per heavy atom. The molecule has 6 rings (SSSR count). The minimum Gasteiger partial charge on any atom is -0.461 e. The van der Waals surface area contributed by atoms with E-state index in [9.17, 15) is 9.59 Å². The van der Waals surface area contributed by atoms with E-state index < -0.39 is 18.0 Å². The molecule has 0 amide bonds. The maximum absolute atomic E-state index is 13.3. The molecule has 1 fully saturated rings. The summed E-state index contributed by atoms with van der Waals surface area (Å²) in [6, 6.07) is 36.7. The van der Waals surface area contributed by atoms with Gasteiger partial charge in [0.25, 0.3) is 0 Å². The molecule has 1 aliphatic rings. The Labute approximate surface area is 237 Å². The summed E-state index contributed by atoms with van der Waals surface area (Å²) >= 11 is 1.59. The van der Waals surface area contributed by atoms with Crippen LogP contribution in [0.1, 0.15) is 26.3 Å². The van der Waals surface area contributed by atoms with Gasteiger partial charge in [-0.2, -0.15) is 0 Å². The number of fused-ring (bicyclic) bond motifs is 2. The highest BCUT2D eigenvalue weighted by molar-refractivity contribution is 8.00. The quantitative estimate of drug-likeness (QED) is 0.193. The van der Waals surface area contributed by atoms with E-state index in [1.807, 2.05) is 103 Å². The normalized spacial score (nSPS) is 18.6. The van der Waals surface area contributed by atoms with E-state index in [0.717, 1.165) is 27.1 Å². The number of hydrogen-bond donors (Lipinski definition) is 0. The zero-order valence-corrected chi connectivity index (χ0v) is 22.6. The van der Waals surface area contributed by atoms with Gasteiger partial charge in [-0.15, -0.1) is 11.8 Å². The fraction of sp³-hybridized carbons (Fsp3) is 0.176. The average Bonchev–Trinajstić information content (AvgIpc) is 3.39. The highest BCUT2D eigenvalue weighted by Crippen LogP contribution is 2.33. The molecule has 1 heterocycles. The fourth-order valence-corrected chi connectivity index (χ4v) is 6.24. The lowest BCUT2D eigenvalue weighted by atomic mass is 10.1. The molecule has 0 N–H and O–H groups in total. The summed E-state index contributed by atoms with van der Waals surface area (Å²) in [4.78, 5) is 26.2. The Balaban J connectivity index is 1.17. The van der Waals surface area contributed by atoms with E-state index in [1.54, 1.807) is 23.9 Å². The van der Waals surface area contributed by atoms with Crippen molar-refractivity contribution in [3.05, 3.63) is 132 Å². The van der Waals surface area contributed by atoms with Crippen molar-refractivity contribution in [3.63, 3.8) is 0 Å². The van der Waals surface area contributed by atoms with Crippen LogP contribution < -0.4 is 0 Å². The first-order valence-corrected chi connectivity index (χ1v) is 14.3. The lowest BCUT2D eigenvalue weighted by Crippen LogP contribution is -2.38. The smallest absolute Gasteiger partial charge is 0.338 e. The molecule has 0 bridgehead atoms. The first-order chi connectivity index (χ1) is 19.6. The molecule has 3 atom stereocenters. The van der Waals surface area contributed by atoms with Crippen molar-refractivity contribution in [1.82, 2.24) is 0 Å². The van der Waals surface area contributed by atoms with Crippen LogP contribution >= 0.6 is 11.8 Å². The first-order valence-electron chi connectivity index (χ1n) is 13.3. The number of hydrogen-bond acceptors (Lipinski definition) is 6. The van der Waals surface area contributed by atoms with Gasteiger partial charge in [0.2, 0.25) is 0 Å². The zero-order chi connectivity index (χ0) is 27.3. The minimum atomic E-state index is -0.572. The van der Waals surface area contributed by atoms with E-state index in [-0.39, 0.29) is 18.0 Å². The summed E-state index contributed by atoms with van der Waals surface area (Å²) in [5.41, 5.74) is 2.01. The Hall–Kier alpha value is -4.13. The van der Waals surface area contributed by atoms with Gasteiger partial charge < -0.3 is 14.2 Å². The molecule has 0 aromatic heterocycles. The van der Waals surface area contributed by atoms with Gasteiger partial charge in [0.05, 0.1) is 23.0 Å². The average molecular weight is 549 g/mol. The van der Waals surface area contributed by atoms with Gasteiger partial charge in [0, 0.05) is 5.75 Å². The molecule has 5 nitrogen and oxygen atoms in total. The van der Waals surface area contributed by atoms with Crippen molar-refractivity contribution in [2.75, 3.05) is 12.4 Å². The number of esters is 2. The van der Waals surface area contributed by atoms with Gasteiger partial charge >= 0.3 is 11.9 Å². The van der Waals surface area contributed by atoms with E-state index in [1.165, 1.54) is 0 Å². The molecule has 0 spiro atoms. The molecule has 0 radical (unpaired) electrons. The fourth-order valence-electron chi connectivity index (χ4n) is 4.93. The Morgan fingerprint density at radius 2 is 1.25 bits per heavy atom. The van der Waals surface area contributed by atoms with Crippen LogP contribution in [-0.4, -0.2) is 41.8 Å². The summed E-state index contributed by atoms with van der Waals surface area (Å²) < 4.78 is 18.1. The van der Waals surface area contributed by atoms with Crippen molar-refractivity contribution in [2.45, 2.75) is 24.1 Å². The number of carbonyl (C=O) groups is 2. The second-order valence-electron chi connectivity index (χ2n) is 9.80. The van der Waals surface area contributed by atoms with E-state index in [0.29, 0.717) is 23.5 Å². The monoisotopic (exact) mass is 548 g/mol. The summed E-state index contributed by atoms with van der Waals surface area (Å²) in [5, 5.41) is 3.80. The Morgan fingerprint density at radius 3 is 1.90 bits per heavy atom. The Bertz CT molecular complexity index is 1650. The molecular formula is C34H28O5S. The summed E-state index contributed by atoms with van der Waals surface area (Å²) in [5.74, 6) is -0.197. The second-order valence-corrected chi connectivity index (χ2v) is 11.1. The van der Waals surface area contributed by atoms with Crippen LogP contribution in [0.4, 0.5) is 0 Å². The molecule has 5 aromatic carbocycles. The largest absolute Gasteiger partial charge is 0.461 e. The minimum absolute atomic E-state index is 0.108. The third kappa shape index (κ3) is 5.88. The maximum Gasteiger partial charge on any atom is 0.338 e. The Kier molecular flexibility index (Phi) is 7.80. The highest BCUT2D eigenvalue weighted by atomic mass is 32.2. The topological polar surface area (TPSA) is 61.8 Å². The molecule has 5 aromatic rings. The van der Waals surface area contributed by atoms with Crippen molar-refractivity contribution in [3.8, 4) is 0 Å². The molecule has 1 saturated heterocycles. The number of carbonyl (C=O) groups excluding carboxylic acids is 2. The molecular weight excluding hydrogens is 520 g/mol. The molecule has 1 aliphatic heterocycles. The van der Waals surface area contributed by atoms with Gasteiger partial charge in [0.15, 0.2) is 0 Å². The first kappa shape index (κ1) is 26.1. The van der Waals surface area contributed by atoms with E-state index in [4.69, 9.17) is 14.2 Å². The van der Waals surface area contributed by atoms with Crippen molar-refractivity contribution < 1.29 is 23.8 Å². The number of thioether (sulfide) groups is 1. The van der Waals surface area contributed by atoms with Gasteiger partial charge in [0.1, 0.15) is 18.8 Å². The van der Waals surface area contributed by atoms with Crippen molar-refractivity contribution in [1.29, 1.82) is 0 Å². The van der Waals surface area contributed by atoms with Crippen LogP contribution in [0.25, 0.3) is 21.5 Å². The molecule has 0 saturated carbocycles. The van der Waals surface area contributed by atoms with Crippen LogP contribution in [0.2, 0.25) is 0 Å². The summed E-state index contributed by atoms with van der Waals surface area (Å²) in [6.45, 7) is 0.511. The third-order valence-corrected chi connectivity index (χ3v) is 8.46. The third-order valence-electron chi connectivity index (χ3n) is 7.11. The predicted molar refractivity (Wildman–Crippen MR) is 159 cm³/mol. The lowest BCUT2D eigenvalue weighted by molar-refractivity contribution is -0.0484. The van der Waals surface area contributed by atoms with E-state index in [2.05, 4.69) is 0 Å². The van der Waals surface area contributed by atoms with Gasteiger partial charge in [-0.05, 0) is 51.4 Å². The number of ether oxygens (including phenoxy) is 3. The number of benzene rings is 5. The second kappa shape index (κ2) is 11.9. The standard InChI is InChI=1S/C34H28O5S/c35-33(28-16-14-24-10-4-6-12-26(24)18-28)38-21-31-32(30(22-40-31)37-20-23-8-2-1-3-9-23)39-34(36)29-17-15-25-11-5-7-13-27(25)19-29/h1-19,30-32H,20-22H2/t30-,31-,32-/m1/s1. The van der Waals surface area contributed by atoms with Gasteiger partial charge in [-0.25, -0.2) is 9.59 Å². The SMILES string of the molecule is O=C(OC[C@H]1SC[C@@H](OCc2ccccc2)[C@H]1OC(=O)c1ccc2ccccc2c1)c1ccc2ccccc2c1. The summed E-state index contributed by atoms with van der Waals surface area (Å²) in [7, 11) is 0. The predicted octanol–water partition coefficient (Wildman–Crippen LogP) is 7.08. The zero-order valence-electron chi connectivity index (χ0n) is 21.8. The molecule has 40 heavy (non-hydrogen) atoms. The van der Waals surface area contributed by atoms with Crippen LogP contribution in [0.3, 0.4) is 0 Å². The van der Waals surface area contributed by atoms with Crippen molar-refractivity contribution >= 4 is 45.2 Å². The molecule has 0 aliphatic carbocycles. The van der Waals surface area contributed by atoms with E-state index >= 15 is 0 Å². The maximum atomic E-state index is 13.3. The van der Waals surface area contributed by atoms with Crippen molar-refractivity contribution in [2.24, 2.45) is 0 Å². The van der Waals surface area contributed by atoms with Gasteiger partial charge in [-0.3, -0.25) is 0 Å². The number of rotatable bonds is 8. The molecule has 6 heteroatoms. The summed E-state index contributed by atoms with van der Waals surface area (Å²) in [6.07, 6.45) is -0.906. The van der Waals surface area contributed by atoms with Crippen LogP contribution in [0, 0.1) is 0 Å².